The fourth-order valence-corrected chi connectivity index (χ4v) is 2.16. The summed E-state index contributed by atoms with van der Waals surface area (Å²) in [6, 6.07) is 12.4. The van der Waals surface area contributed by atoms with Crippen LogP contribution in [-0.4, -0.2) is 15.3 Å². The first-order valence-electron chi connectivity index (χ1n) is 6.43. The van der Waals surface area contributed by atoms with E-state index in [0.717, 1.165) is 11.3 Å². The van der Waals surface area contributed by atoms with Crippen LogP contribution >= 0.6 is 0 Å². The summed E-state index contributed by atoms with van der Waals surface area (Å²) >= 11 is 0. The molecule has 2 aromatic heterocycles. The van der Waals surface area contributed by atoms with Crippen LogP contribution in [0.1, 0.15) is 16.1 Å². The number of para-hydroxylation sites is 1. The Bertz CT molecular complexity index is 810. The molecule has 0 aliphatic carbocycles. The number of pyridine rings is 1. The summed E-state index contributed by atoms with van der Waals surface area (Å²) in [4.78, 5) is 15.8. The summed E-state index contributed by atoms with van der Waals surface area (Å²) in [6.07, 6.45) is 1.86. The van der Waals surface area contributed by atoms with Crippen LogP contribution in [0.2, 0.25) is 0 Å². The number of amides is 1. The first-order chi connectivity index (χ1) is 10.2. The van der Waals surface area contributed by atoms with Crippen LogP contribution in [0.4, 0.5) is 0 Å². The number of imidazole rings is 1. The summed E-state index contributed by atoms with van der Waals surface area (Å²) in [6.45, 7) is 0.263. The number of hydrogen-bond acceptors (Lipinski definition) is 4. The molecule has 4 N–H and O–H groups in total. The second-order valence-electron chi connectivity index (χ2n) is 4.46. The first kappa shape index (κ1) is 13.1. The van der Waals surface area contributed by atoms with Crippen molar-refractivity contribution < 1.29 is 9.53 Å². The average Bonchev–Trinajstić information content (AvgIpc) is 2.84. The Morgan fingerprint density at radius 3 is 2.71 bits per heavy atom. The fourth-order valence-electron chi connectivity index (χ4n) is 2.16. The molecule has 106 valence electrons. The van der Waals surface area contributed by atoms with E-state index in [2.05, 4.69) is 4.98 Å². The van der Waals surface area contributed by atoms with Gasteiger partial charge in [0.1, 0.15) is 17.1 Å². The van der Waals surface area contributed by atoms with Gasteiger partial charge in [-0.15, -0.1) is 0 Å². The summed E-state index contributed by atoms with van der Waals surface area (Å²) in [5.74, 6) is 0.184. The van der Waals surface area contributed by atoms with Crippen molar-refractivity contribution in [3.05, 3.63) is 59.9 Å². The van der Waals surface area contributed by atoms with Crippen molar-refractivity contribution in [3.63, 3.8) is 0 Å². The largest absolute Gasteiger partial charge is 0.436 e. The molecule has 6 nitrogen and oxygen atoms in total. The molecule has 1 amide bonds. The third-order valence-electron chi connectivity index (χ3n) is 3.14. The molecule has 3 aromatic rings. The molecule has 0 spiro atoms. The molecule has 3 rings (SSSR count). The number of ether oxygens (including phenoxy) is 1. The minimum Gasteiger partial charge on any atom is -0.436 e. The molecule has 0 radical (unpaired) electrons. The molecule has 0 fully saturated rings. The number of nitrogens with zero attached hydrogens (tertiary/aromatic N) is 2. The van der Waals surface area contributed by atoms with Gasteiger partial charge >= 0.3 is 0 Å². The zero-order valence-electron chi connectivity index (χ0n) is 11.2. The fraction of sp³-hybridized carbons (Fsp3) is 0.0667. The predicted octanol–water partition coefficient (Wildman–Crippen LogP) is 1.68. The molecular formula is C15H14N4O2. The van der Waals surface area contributed by atoms with Crippen LogP contribution in [-0.2, 0) is 6.54 Å². The molecule has 21 heavy (non-hydrogen) atoms. The van der Waals surface area contributed by atoms with Gasteiger partial charge < -0.3 is 16.2 Å². The highest BCUT2D eigenvalue weighted by molar-refractivity contribution is 5.95. The number of carbonyl (C=O) groups is 1. The maximum absolute atomic E-state index is 11.4. The van der Waals surface area contributed by atoms with Crippen molar-refractivity contribution in [2.45, 2.75) is 6.54 Å². The Morgan fingerprint density at radius 2 is 1.95 bits per heavy atom. The number of benzene rings is 1. The van der Waals surface area contributed by atoms with Gasteiger partial charge in [-0.2, -0.15) is 4.98 Å². The molecule has 2 heterocycles. The SMILES string of the molecule is NCc1c(Oc2ccccc2C(N)=O)nc2ccccn12. The third-order valence-corrected chi connectivity index (χ3v) is 3.14. The molecular weight excluding hydrogens is 268 g/mol. The van der Waals surface area contributed by atoms with Crippen LogP contribution in [0.15, 0.2) is 48.7 Å². The Balaban J connectivity index is 2.08. The van der Waals surface area contributed by atoms with Gasteiger partial charge in [0.2, 0.25) is 5.88 Å². The molecule has 1 aromatic carbocycles. The van der Waals surface area contributed by atoms with E-state index >= 15 is 0 Å². The van der Waals surface area contributed by atoms with Crippen molar-refractivity contribution in [3.8, 4) is 11.6 Å². The predicted molar refractivity (Wildman–Crippen MR) is 78.1 cm³/mol. The smallest absolute Gasteiger partial charge is 0.252 e. The summed E-state index contributed by atoms with van der Waals surface area (Å²) in [5.41, 5.74) is 12.9. The van der Waals surface area contributed by atoms with Gasteiger partial charge in [-0.1, -0.05) is 18.2 Å². The minimum absolute atomic E-state index is 0.263. The normalized spacial score (nSPS) is 10.7. The Hall–Kier alpha value is -2.86. The summed E-state index contributed by atoms with van der Waals surface area (Å²) in [5, 5.41) is 0. The van der Waals surface area contributed by atoms with Crippen LogP contribution in [0, 0.1) is 0 Å². The van der Waals surface area contributed by atoms with Crippen molar-refractivity contribution in [1.29, 1.82) is 0 Å². The Labute approximate surface area is 121 Å². The number of hydrogen-bond donors (Lipinski definition) is 2. The Morgan fingerprint density at radius 1 is 1.19 bits per heavy atom. The maximum Gasteiger partial charge on any atom is 0.252 e. The van der Waals surface area contributed by atoms with E-state index in [1.807, 2.05) is 28.8 Å². The van der Waals surface area contributed by atoms with Gasteiger partial charge in [0.05, 0.1) is 5.56 Å². The molecule has 0 aliphatic heterocycles. The standard InChI is InChI=1S/C15H14N4O2/c16-9-11-15(18-13-7-3-4-8-19(11)13)21-12-6-2-1-5-10(12)14(17)20/h1-8H,9,16H2,(H2,17,20). The van der Waals surface area contributed by atoms with E-state index in [0.29, 0.717) is 17.2 Å². The second-order valence-corrected chi connectivity index (χ2v) is 4.46. The highest BCUT2D eigenvalue weighted by Gasteiger charge is 2.15. The number of fused-ring (bicyclic) bond motifs is 1. The highest BCUT2D eigenvalue weighted by Crippen LogP contribution is 2.28. The van der Waals surface area contributed by atoms with Gasteiger partial charge in [-0.3, -0.25) is 9.20 Å². The number of rotatable bonds is 4. The number of aromatic nitrogens is 2. The molecule has 0 saturated carbocycles. The third kappa shape index (κ3) is 2.32. The molecule has 0 bridgehead atoms. The van der Waals surface area contributed by atoms with E-state index in [1.165, 1.54) is 0 Å². The number of carbonyl (C=O) groups excluding carboxylic acids is 1. The van der Waals surface area contributed by atoms with Crippen LogP contribution < -0.4 is 16.2 Å². The maximum atomic E-state index is 11.4. The summed E-state index contributed by atoms with van der Waals surface area (Å²) in [7, 11) is 0. The lowest BCUT2D eigenvalue weighted by molar-refractivity contribution is 0.0998. The van der Waals surface area contributed by atoms with Crippen molar-refractivity contribution in [2.24, 2.45) is 11.5 Å². The lowest BCUT2D eigenvalue weighted by Gasteiger charge is -2.08. The topological polar surface area (TPSA) is 95.6 Å². The van der Waals surface area contributed by atoms with E-state index in [1.54, 1.807) is 24.3 Å². The summed E-state index contributed by atoms with van der Waals surface area (Å²) < 4.78 is 7.61. The zero-order valence-corrected chi connectivity index (χ0v) is 11.2. The van der Waals surface area contributed by atoms with Gasteiger partial charge in [0.15, 0.2) is 0 Å². The van der Waals surface area contributed by atoms with E-state index in [4.69, 9.17) is 16.2 Å². The molecule has 0 saturated heterocycles. The van der Waals surface area contributed by atoms with Crippen LogP contribution in [0.5, 0.6) is 11.6 Å². The van der Waals surface area contributed by atoms with Gasteiger partial charge in [0, 0.05) is 12.7 Å². The monoisotopic (exact) mass is 282 g/mol. The molecule has 6 heteroatoms. The number of nitrogens with two attached hydrogens (primary N) is 2. The van der Waals surface area contributed by atoms with E-state index < -0.39 is 5.91 Å². The van der Waals surface area contributed by atoms with Crippen molar-refractivity contribution in [2.75, 3.05) is 0 Å². The van der Waals surface area contributed by atoms with Gasteiger partial charge in [0.25, 0.3) is 5.91 Å². The van der Waals surface area contributed by atoms with Crippen molar-refractivity contribution >= 4 is 11.6 Å². The minimum atomic E-state index is -0.552. The Kier molecular flexibility index (Phi) is 3.29. The quantitative estimate of drug-likeness (QED) is 0.761. The number of primary amides is 1. The molecule has 0 unspecified atom stereocenters. The van der Waals surface area contributed by atoms with E-state index in [-0.39, 0.29) is 6.54 Å². The average molecular weight is 282 g/mol. The lowest BCUT2D eigenvalue weighted by atomic mass is 10.2. The molecule has 0 aliphatic rings. The van der Waals surface area contributed by atoms with Crippen LogP contribution in [0.3, 0.4) is 0 Å². The van der Waals surface area contributed by atoms with Gasteiger partial charge in [-0.05, 0) is 24.3 Å². The second kappa shape index (κ2) is 5.26. The molecule has 0 atom stereocenters. The first-order valence-corrected chi connectivity index (χ1v) is 6.43. The highest BCUT2D eigenvalue weighted by atomic mass is 16.5. The van der Waals surface area contributed by atoms with E-state index in [9.17, 15) is 4.79 Å². The van der Waals surface area contributed by atoms with Crippen LogP contribution in [0.25, 0.3) is 5.65 Å². The van der Waals surface area contributed by atoms with Crippen molar-refractivity contribution in [1.82, 2.24) is 9.38 Å². The zero-order chi connectivity index (χ0) is 14.8. The lowest BCUT2D eigenvalue weighted by Crippen LogP contribution is -2.12. The van der Waals surface area contributed by atoms with Gasteiger partial charge in [-0.25, -0.2) is 0 Å².